The van der Waals surface area contributed by atoms with Crippen molar-refractivity contribution >= 4 is 35.8 Å². The summed E-state index contributed by atoms with van der Waals surface area (Å²) < 4.78 is 13.7. The highest BCUT2D eigenvalue weighted by molar-refractivity contribution is 6.58. The van der Waals surface area contributed by atoms with Crippen molar-refractivity contribution in [2.24, 2.45) is 0 Å². The van der Waals surface area contributed by atoms with Crippen molar-refractivity contribution in [2.75, 3.05) is 5.32 Å². The van der Waals surface area contributed by atoms with Gasteiger partial charge in [-0.3, -0.25) is 4.79 Å². The van der Waals surface area contributed by atoms with Crippen molar-refractivity contribution in [1.29, 1.82) is 0 Å². The minimum absolute atomic E-state index is 0.0318. The molecule has 0 bridgehead atoms. The average molecular weight is 308 g/mol. The Morgan fingerprint density at radius 3 is 2.67 bits per heavy atom. The van der Waals surface area contributed by atoms with Crippen LogP contribution >= 0.6 is 11.6 Å². The van der Waals surface area contributed by atoms with E-state index < -0.39 is 18.8 Å². The Balaban J connectivity index is 2.32. The molecule has 0 aliphatic rings. The summed E-state index contributed by atoms with van der Waals surface area (Å²) in [6, 6.07) is 8.28. The largest absolute Gasteiger partial charge is 0.488 e. The maximum atomic E-state index is 13.7. The maximum absolute atomic E-state index is 13.7. The molecule has 0 aliphatic carbocycles. The molecule has 7 heteroatoms. The molecule has 0 radical (unpaired) electrons. The smallest absolute Gasteiger partial charge is 0.423 e. The van der Waals surface area contributed by atoms with E-state index in [1.807, 2.05) is 0 Å². The molecule has 1 amide bonds. The Labute approximate surface area is 126 Å². The van der Waals surface area contributed by atoms with Gasteiger partial charge in [-0.25, -0.2) is 4.39 Å². The molecule has 0 spiro atoms. The first kappa shape index (κ1) is 15.5. The van der Waals surface area contributed by atoms with E-state index in [4.69, 9.17) is 21.6 Å². The first-order valence-corrected chi connectivity index (χ1v) is 6.50. The van der Waals surface area contributed by atoms with Crippen molar-refractivity contribution in [1.82, 2.24) is 0 Å². The molecule has 0 heterocycles. The third-order valence-electron chi connectivity index (χ3n) is 3.05. The van der Waals surface area contributed by atoms with Gasteiger partial charge in [-0.05, 0) is 42.2 Å². The van der Waals surface area contributed by atoms with Crippen molar-refractivity contribution < 1.29 is 19.2 Å². The molecule has 0 fully saturated rings. The molecule has 0 aliphatic heterocycles. The van der Waals surface area contributed by atoms with Gasteiger partial charge in [-0.2, -0.15) is 0 Å². The molecule has 3 N–H and O–H groups in total. The van der Waals surface area contributed by atoms with Gasteiger partial charge >= 0.3 is 7.12 Å². The first-order chi connectivity index (χ1) is 9.90. The van der Waals surface area contributed by atoms with Crippen LogP contribution in [0.1, 0.15) is 15.9 Å². The van der Waals surface area contributed by atoms with Crippen LogP contribution in [0.25, 0.3) is 0 Å². The highest BCUT2D eigenvalue weighted by Crippen LogP contribution is 2.23. The number of nitrogens with one attached hydrogen (secondary N) is 1. The van der Waals surface area contributed by atoms with Crippen molar-refractivity contribution in [2.45, 2.75) is 6.92 Å². The number of hydrogen-bond acceptors (Lipinski definition) is 3. The van der Waals surface area contributed by atoms with Crippen molar-refractivity contribution in [3.8, 4) is 0 Å². The van der Waals surface area contributed by atoms with Gasteiger partial charge < -0.3 is 15.4 Å². The van der Waals surface area contributed by atoms with Crippen LogP contribution in [0.5, 0.6) is 0 Å². The van der Waals surface area contributed by atoms with Crippen LogP contribution in [-0.4, -0.2) is 23.1 Å². The van der Waals surface area contributed by atoms with Crippen LogP contribution in [0.2, 0.25) is 5.02 Å². The molecule has 0 aromatic heterocycles. The molecule has 0 unspecified atom stereocenters. The summed E-state index contributed by atoms with van der Waals surface area (Å²) in [5.41, 5.74) is 0.873. The predicted molar refractivity (Wildman–Crippen MR) is 80.4 cm³/mol. The van der Waals surface area contributed by atoms with E-state index in [0.717, 1.165) is 12.1 Å². The molecule has 0 atom stereocenters. The molecular weight excluding hydrogens is 295 g/mol. The van der Waals surface area contributed by atoms with Crippen LogP contribution in [-0.2, 0) is 0 Å². The molecule has 4 nitrogen and oxygen atoms in total. The number of carbonyl (C=O) groups is 1. The van der Waals surface area contributed by atoms with E-state index in [0.29, 0.717) is 16.3 Å². The third-order valence-corrected chi connectivity index (χ3v) is 3.46. The van der Waals surface area contributed by atoms with Gasteiger partial charge in [0.25, 0.3) is 5.91 Å². The summed E-state index contributed by atoms with van der Waals surface area (Å²) in [6.07, 6.45) is 0. The maximum Gasteiger partial charge on any atom is 0.488 e. The van der Waals surface area contributed by atoms with Crippen LogP contribution in [0.4, 0.5) is 10.1 Å². The summed E-state index contributed by atoms with van der Waals surface area (Å²) in [7, 11) is -1.77. The predicted octanol–water partition coefficient (Wildman–Crippen LogP) is 1.72. The minimum atomic E-state index is -1.77. The highest BCUT2D eigenvalue weighted by Gasteiger charge is 2.18. The lowest BCUT2D eigenvalue weighted by atomic mass is 9.79. The molecule has 2 aromatic carbocycles. The zero-order valence-electron chi connectivity index (χ0n) is 11.1. The van der Waals surface area contributed by atoms with Gasteiger partial charge in [0.1, 0.15) is 5.82 Å². The third kappa shape index (κ3) is 3.42. The van der Waals surface area contributed by atoms with Gasteiger partial charge in [0, 0.05) is 10.7 Å². The van der Waals surface area contributed by atoms with E-state index in [-0.39, 0.29) is 11.0 Å². The SMILES string of the molecule is Cc1c(Cl)cccc1NC(=O)c1cc(B(O)O)ccc1F. The molecular formula is C14H12BClFNO3. The van der Waals surface area contributed by atoms with Crippen LogP contribution in [0, 0.1) is 12.7 Å². The molecule has 21 heavy (non-hydrogen) atoms. The normalized spacial score (nSPS) is 10.3. The lowest BCUT2D eigenvalue weighted by Crippen LogP contribution is -2.31. The Morgan fingerprint density at radius 2 is 2.00 bits per heavy atom. The molecule has 2 rings (SSSR count). The number of hydrogen-bond donors (Lipinski definition) is 3. The fourth-order valence-corrected chi connectivity index (χ4v) is 1.98. The number of amides is 1. The summed E-state index contributed by atoms with van der Waals surface area (Å²) in [4.78, 5) is 12.1. The quantitative estimate of drug-likeness (QED) is 0.756. The Bertz CT molecular complexity index is 694. The minimum Gasteiger partial charge on any atom is -0.423 e. The fourth-order valence-electron chi connectivity index (χ4n) is 1.81. The summed E-state index contributed by atoms with van der Waals surface area (Å²) >= 11 is 5.95. The van der Waals surface area contributed by atoms with E-state index in [1.165, 1.54) is 6.07 Å². The van der Waals surface area contributed by atoms with Gasteiger partial charge in [0.2, 0.25) is 0 Å². The Hall–Kier alpha value is -1.89. The number of rotatable bonds is 3. The van der Waals surface area contributed by atoms with Gasteiger partial charge in [0.15, 0.2) is 0 Å². The lowest BCUT2D eigenvalue weighted by molar-refractivity contribution is 0.102. The standard InChI is InChI=1S/C14H12BClFNO3/c1-8-11(16)3-2-4-13(8)18-14(19)10-7-9(15(20)21)5-6-12(10)17/h2-7,20-21H,1H3,(H,18,19). The number of benzene rings is 2. The van der Waals surface area contributed by atoms with E-state index in [9.17, 15) is 9.18 Å². The second-order valence-corrected chi connectivity index (χ2v) is 4.89. The van der Waals surface area contributed by atoms with Crippen LogP contribution < -0.4 is 10.8 Å². The fraction of sp³-hybridized carbons (Fsp3) is 0.0714. The molecule has 0 saturated carbocycles. The number of carbonyl (C=O) groups excluding carboxylic acids is 1. The zero-order chi connectivity index (χ0) is 15.6. The van der Waals surface area contributed by atoms with Crippen molar-refractivity contribution in [3.63, 3.8) is 0 Å². The second kappa shape index (κ2) is 6.26. The molecule has 0 saturated heterocycles. The van der Waals surface area contributed by atoms with E-state index >= 15 is 0 Å². The monoisotopic (exact) mass is 307 g/mol. The molecule has 108 valence electrons. The Morgan fingerprint density at radius 1 is 1.29 bits per heavy atom. The summed E-state index contributed by atoms with van der Waals surface area (Å²) in [6.45, 7) is 1.72. The van der Waals surface area contributed by atoms with Gasteiger partial charge in [-0.1, -0.05) is 23.7 Å². The van der Waals surface area contributed by atoms with E-state index in [2.05, 4.69) is 5.32 Å². The first-order valence-electron chi connectivity index (χ1n) is 6.12. The lowest BCUT2D eigenvalue weighted by Gasteiger charge is -2.11. The van der Waals surface area contributed by atoms with E-state index in [1.54, 1.807) is 25.1 Å². The Kier molecular flexibility index (Phi) is 4.62. The topological polar surface area (TPSA) is 69.6 Å². The van der Waals surface area contributed by atoms with Crippen LogP contribution in [0.3, 0.4) is 0 Å². The van der Waals surface area contributed by atoms with Gasteiger partial charge in [-0.15, -0.1) is 0 Å². The summed E-state index contributed by atoms with van der Waals surface area (Å²) in [5, 5.41) is 21.2. The number of halogens is 2. The highest BCUT2D eigenvalue weighted by atomic mass is 35.5. The second-order valence-electron chi connectivity index (χ2n) is 4.48. The zero-order valence-corrected chi connectivity index (χ0v) is 11.9. The van der Waals surface area contributed by atoms with Crippen molar-refractivity contribution in [3.05, 3.63) is 58.4 Å². The van der Waals surface area contributed by atoms with Crippen LogP contribution in [0.15, 0.2) is 36.4 Å². The number of anilines is 1. The van der Waals surface area contributed by atoms with Gasteiger partial charge in [0.05, 0.1) is 5.56 Å². The molecule has 2 aromatic rings. The average Bonchev–Trinajstić information content (AvgIpc) is 2.44. The summed E-state index contributed by atoms with van der Waals surface area (Å²) in [5.74, 6) is -1.45.